The minimum absolute atomic E-state index is 0.00167. The van der Waals surface area contributed by atoms with Crippen molar-refractivity contribution in [2.24, 2.45) is 0 Å². The highest BCUT2D eigenvalue weighted by Crippen LogP contribution is 2.37. The van der Waals surface area contributed by atoms with E-state index >= 15 is 0 Å². The topological polar surface area (TPSA) is 125 Å². The van der Waals surface area contributed by atoms with Crippen molar-refractivity contribution in [2.75, 3.05) is 20.3 Å². The van der Waals surface area contributed by atoms with Crippen LogP contribution < -0.4 is 14.8 Å². The number of ether oxygens (including phenoxy) is 2. The maximum absolute atomic E-state index is 13.9. The third kappa shape index (κ3) is 8.18. The van der Waals surface area contributed by atoms with Gasteiger partial charge < -0.3 is 29.9 Å². The molecule has 1 aliphatic rings. The summed E-state index contributed by atoms with van der Waals surface area (Å²) in [7, 11) is 1.42. The molecule has 9 nitrogen and oxygen atoms in total. The molecule has 4 rings (SSSR count). The number of aliphatic hydroxyl groups is 2. The fourth-order valence-corrected chi connectivity index (χ4v) is 5.64. The average molecular weight is 703 g/mol. The van der Waals surface area contributed by atoms with Crippen LogP contribution in [0.25, 0.3) is 0 Å². The van der Waals surface area contributed by atoms with Crippen LogP contribution in [0.4, 0.5) is 4.39 Å². The lowest BCUT2D eigenvalue weighted by atomic mass is 9.87. The number of nitrogens with one attached hydrogen (secondary N) is 1. The highest BCUT2D eigenvalue weighted by molar-refractivity contribution is 14.1. The molecule has 2 amide bonds. The van der Waals surface area contributed by atoms with Gasteiger partial charge in [-0.2, -0.15) is 0 Å². The van der Waals surface area contributed by atoms with E-state index in [9.17, 15) is 29.0 Å². The molecule has 0 bridgehead atoms. The number of carbonyl (C=O) groups is 3. The molecule has 0 aromatic heterocycles. The van der Waals surface area contributed by atoms with Crippen LogP contribution in [0.3, 0.4) is 0 Å². The average Bonchev–Trinajstić information content (AvgIpc) is 3.01. The van der Waals surface area contributed by atoms with Gasteiger partial charge in [-0.15, -0.1) is 0 Å². The summed E-state index contributed by atoms with van der Waals surface area (Å²) in [5.41, 5.74) is 2.02. The van der Waals surface area contributed by atoms with E-state index in [1.54, 1.807) is 18.2 Å². The summed E-state index contributed by atoms with van der Waals surface area (Å²) in [4.78, 5) is 39.9. The van der Waals surface area contributed by atoms with Crippen LogP contribution in [0.5, 0.6) is 11.5 Å². The van der Waals surface area contributed by atoms with Crippen LogP contribution in [-0.4, -0.2) is 71.7 Å². The zero-order chi connectivity index (χ0) is 30.9. The van der Waals surface area contributed by atoms with Gasteiger partial charge in [-0.05, 0) is 64.1 Å². The minimum atomic E-state index is -1.29. The van der Waals surface area contributed by atoms with Crippen molar-refractivity contribution in [2.45, 2.75) is 37.6 Å². The van der Waals surface area contributed by atoms with E-state index in [4.69, 9.17) is 9.47 Å². The van der Waals surface area contributed by atoms with Gasteiger partial charge in [0.1, 0.15) is 24.3 Å². The lowest BCUT2D eigenvalue weighted by molar-refractivity contribution is -0.138. The maximum Gasteiger partial charge on any atom is 0.247 e. The number of hydrogen-bond acceptors (Lipinski definition) is 7. The third-order valence-electron chi connectivity index (χ3n) is 7.04. The molecule has 0 saturated carbocycles. The number of nitrogens with zero attached hydrogens (tertiary/aromatic N) is 1. The van der Waals surface area contributed by atoms with Gasteiger partial charge in [0.2, 0.25) is 11.8 Å². The fourth-order valence-electron chi connectivity index (χ4n) is 4.89. The summed E-state index contributed by atoms with van der Waals surface area (Å²) in [6, 6.07) is 17.0. The Bertz CT molecular complexity index is 1470. The van der Waals surface area contributed by atoms with E-state index in [1.807, 2.05) is 52.9 Å². The SMILES string of the molecule is COc1cc(C=O)cc(I)c1OC1C=C(C(=O)NCCO)CC(N(Cc2ccc(F)cc2)C(=O)Cc2ccccc2)C1O. The van der Waals surface area contributed by atoms with Crippen molar-refractivity contribution >= 4 is 40.7 Å². The normalized spacial score (nSPS) is 17.9. The highest BCUT2D eigenvalue weighted by atomic mass is 127. The summed E-state index contributed by atoms with van der Waals surface area (Å²) in [5.74, 6) is -0.698. The van der Waals surface area contributed by atoms with E-state index in [1.165, 1.54) is 36.3 Å². The molecule has 0 fully saturated rings. The van der Waals surface area contributed by atoms with Crippen molar-refractivity contribution in [3.63, 3.8) is 0 Å². The number of hydrogen-bond donors (Lipinski definition) is 3. The molecule has 3 N–H and O–H groups in total. The highest BCUT2D eigenvalue weighted by Gasteiger charge is 2.41. The van der Waals surface area contributed by atoms with Gasteiger partial charge in [-0.3, -0.25) is 14.4 Å². The predicted molar refractivity (Wildman–Crippen MR) is 165 cm³/mol. The number of carbonyl (C=O) groups excluding carboxylic acids is 3. The number of aliphatic hydroxyl groups excluding tert-OH is 2. The van der Waals surface area contributed by atoms with Gasteiger partial charge in [-0.25, -0.2) is 4.39 Å². The number of methoxy groups -OCH3 is 1. The molecule has 43 heavy (non-hydrogen) atoms. The number of rotatable bonds is 12. The van der Waals surface area contributed by atoms with E-state index in [-0.39, 0.29) is 55.5 Å². The van der Waals surface area contributed by atoms with Gasteiger partial charge in [0, 0.05) is 30.6 Å². The molecule has 0 radical (unpaired) electrons. The summed E-state index contributed by atoms with van der Waals surface area (Å²) in [5, 5.41) is 23.6. The number of benzene rings is 3. The second kappa shape index (κ2) is 15.1. The smallest absolute Gasteiger partial charge is 0.247 e. The van der Waals surface area contributed by atoms with Gasteiger partial charge >= 0.3 is 0 Å². The Morgan fingerprint density at radius 2 is 1.84 bits per heavy atom. The first-order valence-electron chi connectivity index (χ1n) is 13.6. The Balaban J connectivity index is 1.74. The lowest BCUT2D eigenvalue weighted by Crippen LogP contribution is -2.55. The van der Waals surface area contributed by atoms with Crippen LogP contribution in [0.15, 0.2) is 78.4 Å². The maximum atomic E-state index is 13.9. The first-order chi connectivity index (χ1) is 20.7. The summed E-state index contributed by atoms with van der Waals surface area (Å²) < 4.78 is 25.9. The predicted octanol–water partition coefficient (Wildman–Crippen LogP) is 3.44. The van der Waals surface area contributed by atoms with Gasteiger partial charge in [-0.1, -0.05) is 42.5 Å². The molecule has 11 heteroatoms. The van der Waals surface area contributed by atoms with Crippen LogP contribution >= 0.6 is 22.6 Å². The molecule has 226 valence electrons. The molecule has 3 unspecified atom stereocenters. The summed E-state index contributed by atoms with van der Waals surface area (Å²) in [6.45, 7) is -0.212. The molecule has 1 aliphatic carbocycles. The molecule has 0 saturated heterocycles. The molecule has 0 spiro atoms. The lowest BCUT2D eigenvalue weighted by Gasteiger charge is -2.41. The fraction of sp³-hybridized carbons (Fsp3) is 0.281. The molecule has 0 aliphatic heterocycles. The van der Waals surface area contributed by atoms with Crippen LogP contribution in [-0.2, 0) is 22.6 Å². The van der Waals surface area contributed by atoms with Crippen LogP contribution in [0.1, 0.15) is 27.9 Å². The minimum Gasteiger partial charge on any atom is -0.493 e. The van der Waals surface area contributed by atoms with E-state index in [0.29, 0.717) is 21.0 Å². The van der Waals surface area contributed by atoms with Crippen molar-refractivity contribution in [1.82, 2.24) is 10.2 Å². The largest absolute Gasteiger partial charge is 0.493 e. The van der Waals surface area contributed by atoms with Crippen molar-refractivity contribution < 1.29 is 38.5 Å². The molecular weight excluding hydrogens is 670 g/mol. The monoisotopic (exact) mass is 702 g/mol. The number of amides is 2. The third-order valence-corrected chi connectivity index (χ3v) is 7.84. The molecule has 3 aromatic carbocycles. The van der Waals surface area contributed by atoms with Gasteiger partial charge in [0.25, 0.3) is 0 Å². The molecule has 0 heterocycles. The second-order valence-corrected chi connectivity index (χ2v) is 11.1. The Labute approximate surface area is 262 Å². The zero-order valence-corrected chi connectivity index (χ0v) is 25.6. The Morgan fingerprint density at radius 3 is 2.49 bits per heavy atom. The van der Waals surface area contributed by atoms with E-state index in [2.05, 4.69) is 5.32 Å². The number of aldehydes is 1. The Hall–Kier alpha value is -3.81. The van der Waals surface area contributed by atoms with Crippen molar-refractivity contribution in [1.29, 1.82) is 0 Å². The van der Waals surface area contributed by atoms with Gasteiger partial charge in [0.05, 0.1) is 29.7 Å². The van der Waals surface area contributed by atoms with Gasteiger partial charge in [0.15, 0.2) is 11.5 Å². The Kier molecular flexibility index (Phi) is 11.3. The zero-order valence-electron chi connectivity index (χ0n) is 23.4. The second-order valence-electron chi connectivity index (χ2n) is 9.98. The Morgan fingerprint density at radius 1 is 1.12 bits per heavy atom. The van der Waals surface area contributed by atoms with Crippen LogP contribution in [0, 0.1) is 9.39 Å². The first-order valence-corrected chi connectivity index (χ1v) is 14.7. The quantitative estimate of drug-likeness (QED) is 0.195. The first kappa shape index (κ1) is 32.1. The van der Waals surface area contributed by atoms with Crippen LogP contribution in [0.2, 0.25) is 0 Å². The van der Waals surface area contributed by atoms with Crippen molar-refractivity contribution in [3.05, 3.63) is 104 Å². The summed E-state index contributed by atoms with van der Waals surface area (Å²) >= 11 is 1.99. The van der Waals surface area contributed by atoms with E-state index < -0.39 is 30.0 Å². The standard InChI is InChI=1S/C32H32FIN2O7/c1-42-28-14-22(19-38)13-25(34)31(28)43-27-17-23(32(41)35-11-12-37)16-26(30(27)40)36(18-21-7-9-24(33)10-8-21)29(39)15-20-5-3-2-4-6-20/h2-10,13-14,17,19,26-27,30,37,40H,11-12,15-16,18H2,1H3,(H,35,41). The van der Waals surface area contributed by atoms with Crippen molar-refractivity contribution in [3.8, 4) is 11.5 Å². The van der Waals surface area contributed by atoms with E-state index in [0.717, 1.165) is 5.56 Å². The molecular formula is C32H32FIN2O7. The summed E-state index contributed by atoms with van der Waals surface area (Å²) in [6.07, 6.45) is -0.188. The number of halogens is 2. The molecule has 3 atom stereocenters. The molecule has 3 aromatic rings.